The van der Waals surface area contributed by atoms with Crippen LogP contribution >= 0.6 is 0 Å². The molecule has 0 aliphatic heterocycles. The summed E-state index contributed by atoms with van der Waals surface area (Å²) in [4.78, 5) is 8.89. The van der Waals surface area contributed by atoms with Crippen LogP contribution in [0, 0.1) is 5.41 Å². The topological polar surface area (TPSA) is 116 Å². The maximum absolute atomic E-state index is 8.89. The van der Waals surface area contributed by atoms with Gasteiger partial charge in [0.05, 0.1) is 0 Å². The van der Waals surface area contributed by atoms with Crippen LogP contribution < -0.4 is 29.0 Å². The maximum atomic E-state index is 8.89. The number of nitrogens with two attached hydrogens (primary N) is 2. The summed E-state index contributed by atoms with van der Waals surface area (Å²) in [6.45, 7) is 0.972. The van der Waals surface area contributed by atoms with Gasteiger partial charge < -0.3 is 33.8 Å². The summed E-state index contributed by atoms with van der Waals surface area (Å²) in [6, 6.07) is 0. The van der Waals surface area contributed by atoms with Gasteiger partial charge in [-0.1, -0.05) is 0 Å². The van der Waals surface area contributed by atoms with Gasteiger partial charge in [0, 0.05) is 5.97 Å². The molecule has 0 aromatic carbocycles. The second-order valence-corrected chi connectivity index (χ2v) is 0.947. The van der Waals surface area contributed by atoms with Crippen molar-refractivity contribution < 1.29 is 41.8 Å². The van der Waals surface area contributed by atoms with Gasteiger partial charge in [0.15, 0.2) is 5.96 Å². The number of carboxylic acids is 1. The van der Waals surface area contributed by atoms with Crippen LogP contribution in [0.25, 0.3) is 0 Å². The molecule has 0 bridgehead atoms. The van der Waals surface area contributed by atoms with E-state index < -0.39 is 5.97 Å². The quantitative estimate of drug-likeness (QED) is 0.214. The van der Waals surface area contributed by atoms with E-state index >= 15 is 0 Å². The fourth-order valence-electron chi connectivity index (χ4n) is 0. The third kappa shape index (κ3) is 2820. The molecule has 0 aromatic rings. The monoisotopic (exact) mass is 217 g/mol. The van der Waals surface area contributed by atoms with Gasteiger partial charge in [-0.3, -0.25) is 5.41 Å². The van der Waals surface area contributed by atoms with Gasteiger partial charge >= 0.3 is 19.5 Å². The van der Waals surface area contributed by atoms with Crippen LogP contribution in [0.2, 0.25) is 0 Å². The first-order valence-corrected chi connectivity index (χ1v) is 1.74. The van der Waals surface area contributed by atoms with E-state index in [1.54, 1.807) is 0 Å². The minimum absolute atomic E-state index is 0. The average molecular weight is 219 g/mol. The fourth-order valence-corrected chi connectivity index (χ4v) is 0. The molecule has 0 aliphatic carbocycles. The standard InChI is InChI=1S/C2H4O2.CH5N3.ClH.Zn/c1-2(3)4;2-1(3)4;;/h1H3,(H,3,4);(H5,2,3,4);1H;/q;;;+2/p-2. The number of carbonyl (C=O) groups is 1. The van der Waals surface area contributed by atoms with Crippen molar-refractivity contribution in [1.82, 2.24) is 0 Å². The first-order chi connectivity index (χ1) is 3.46. The second-order valence-electron chi connectivity index (χ2n) is 0.947. The van der Waals surface area contributed by atoms with Crippen LogP contribution in [-0.2, 0) is 24.3 Å². The molecule has 10 heavy (non-hydrogen) atoms. The predicted molar refractivity (Wildman–Crippen MR) is 26.8 cm³/mol. The third-order valence-electron chi connectivity index (χ3n) is 0. The van der Waals surface area contributed by atoms with Gasteiger partial charge in [-0.15, -0.1) is 0 Å². The molecule has 0 rings (SSSR count). The number of hydrogen-bond donors (Lipinski definition) is 3. The maximum Gasteiger partial charge on any atom is 2.00 e. The zero-order chi connectivity index (χ0) is 7.15. The summed E-state index contributed by atoms with van der Waals surface area (Å²) in [5, 5.41) is 14.9. The summed E-state index contributed by atoms with van der Waals surface area (Å²) >= 11 is 0. The minimum Gasteiger partial charge on any atom is -1.00 e. The normalized spacial score (nSPS) is 4.90. The Morgan fingerprint density at radius 2 is 1.50 bits per heavy atom. The number of guanidine groups is 1. The van der Waals surface area contributed by atoms with E-state index in [1.807, 2.05) is 0 Å². The number of halogens is 1. The summed E-state index contributed by atoms with van der Waals surface area (Å²) in [5.41, 5.74) is 8.94. The predicted octanol–water partition coefficient (Wildman–Crippen LogP) is -5.40. The average Bonchev–Trinajstić information content (AvgIpc) is 1.25. The van der Waals surface area contributed by atoms with E-state index in [0.29, 0.717) is 0 Å². The second kappa shape index (κ2) is 15.9. The molecule has 0 aliphatic rings. The minimum atomic E-state index is -1.08. The first-order valence-electron chi connectivity index (χ1n) is 1.74. The van der Waals surface area contributed by atoms with Crippen LogP contribution in [0.15, 0.2) is 0 Å². The molecule has 5 nitrogen and oxygen atoms in total. The number of carboxylic acid groups (broad SMARTS) is 1. The Bertz CT molecular complexity index is 79.7. The first kappa shape index (κ1) is 22.6. The van der Waals surface area contributed by atoms with E-state index in [0.717, 1.165) is 6.92 Å². The van der Waals surface area contributed by atoms with Gasteiger partial charge in [-0.2, -0.15) is 0 Å². The number of hydrogen-bond acceptors (Lipinski definition) is 3. The summed E-state index contributed by atoms with van der Waals surface area (Å²) < 4.78 is 0. The van der Waals surface area contributed by atoms with Crippen LogP contribution in [0.1, 0.15) is 6.92 Å². The Balaban J connectivity index is -0.0000000300. The van der Waals surface area contributed by atoms with E-state index in [1.165, 1.54) is 0 Å². The van der Waals surface area contributed by atoms with Crippen molar-refractivity contribution in [2.75, 3.05) is 0 Å². The fraction of sp³-hybridized carbons (Fsp3) is 0.333. The van der Waals surface area contributed by atoms with Crippen LogP contribution in [-0.4, -0.2) is 11.9 Å². The molecule has 0 unspecified atom stereocenters. The van der Waals surface area contributed by atoms with Gasteiger partial charge in [-0.25, -0.2) is 0 Å². The molecular formula is C3H8ClN3O2Zn. The van der Waals surface area contributed by atoms with Crippen molar-refractivity contribution in [2.24, 2.45) is 11.5 Å². The number of carbonyl (C=O) groups excluding carboxylic acids is 1. The summed E-state index contributed by atoms with van der Waals surface area (Å²) in [6.07, 6.45) is 0. The van der Waals surface area contributed by atoms with Gasteiger partial charge in [-0.05, 0) is 6.92 Å². The molecule has 0 aromatic heterocycles. The van der Waals surface area contributed by atoms with Crippen molar-refractivity contribution >= 4 is 11.9 Å². The molecule has 7 heteroatoms. The Morgan fingerprint density at radius 3 is 1.50 bits per heavy atom. The van der Waals surface area contributed by atoms with E-state index in [-0.39, 0.29) is 37.8 Å². The Hall–Kier alpha value is -0.347. The molecular weight excluding hydrogens is 211 g/mol. The number of rotatable bonds is 0. The molecule has 0 radical (unpaired) electrons. The molecule has 0 spiro atoms. The summed E-state index contributed by atoms with van der Waals surface area (Å²) in [5.74, 6) is -1.42. The van der Waals surface area contributed by atoms with Crippen LogP contribution in [0.5, 0.6) is 0 Å². The van der Waals surface area contributed by atoms with Gasteiger partial charge in [0.25, 0.3) is 0 Å². The zero-order valence-corrected chi connectivity index (χ0v) is 9.28. The van der Waals surface area contributed by atoms with E-state index in [4.69, 9.17) is 15.3 Å². The van der Waals surface area contributed by atoms with Crippen molar-refractivity contribution in [3.8, 4) is 0 Å². The zero-order valence-electron chi connectivity index (χ0n) is 5.56. The molecule has 0 fully saturated rings. The largest absolute Gasteiger partial charge is 2.00 e. The van der Waals surface area contributed by atoms with Crippen molar-refractivity contribution in [3.05, 3.63) is 0 Å². The van der Waals surface area contributed by atoms with Crippen LogP contribution in [0.4, 0.5) is 0 Å². The van der Waals surface area contributed by atoms with Gasteiger partial charge in [0.1, 0.15) is 0 Å². The Labute approximate surface area is 77.8 Å². The van der Waals surface area contributed by atoms with Gasteiger partial charge in [0.2, 0.25) is 0 Å². The molecule has 5 N–H and O–H groups in total. The van der Waals surface area contributed by atoms with Crippen LogP contribution in [0.3, 0.4) is 0 Å². The molecule has 0 saturated carbocycles. The molecule has 0 atom stereocenters. The smallest absolute Gasteiger partial charge is 1.00 e. The Morgan fingerprint density at radius 1 is 1.50 bits per heavy atom. The SMILES string of the molecule is CC(=O)[O-].N=C(N)N.[Cl-].[Zn+2]. The molecule has 0 heterocycles. The van der Waals surface area contributed by atoms with Crippen molar-refractivity contribution in [2.45, 2.75) is 6.92 Å². The van der Waals surface area contributed by atoms with E-state index in [2.05, 4.69) is 11.5 Å². The number of aliphatic carboxylic acids is 1. The number of nitrogens with one attached hydrogen (secondary N) is 1. The Kier molecular flexibility index (Phi) is 35.9. The molecule has 56 valence electrons. The van der Waals surface area contributed by atoms with Crippen molar-refractivity contribution in [1.29, 1.82) is 5.41 Å². The molecule has 0 amide bonds. The van der Waals surface area contributed by atoms with E-state index in [9.17, 15) is 0 Å². The molecule has 0 saturated heterocycles. The van der Waals surface area contributed by atoms with Crippen molar-refractivity contribution in [3.63, 3.8) is 0 Å². The third-order valence-corrected chi connectivity index (χ3v) is 0. The summed E-state index contributed by atoms with van der Waals surface area (Å²) in [7, 11) is 0.